The molecule has 4 heterocycles. The molecule has 5 aromatic rings. The van der Waals surface area contributed by atoms with E-state index in [1.54, 1.807) is 54.6 Å². The Morgan fingerprint density at radius 1 is 0.791 bits per heavy atom. The summed E-state index contributed by atoms with van der Waals surface area (Å²) in [7, 11) is 0. The van der Waals surface area contributed by atoms with Crippen molar-refractivity contribution in [3.05, 3.63) is 119 Å². The fourth-order valence-electron chi connectivity index (χ4n) is 7.87. The van der Waals surface area contributed by atoms with Crippen LogP contribution in [-0.4, -0.2) is 104 Å². The van der Waals surface area contributed by atoms with Gasteiger partial charge in [-0.2, -0.15) is 0 Å². The molecule has 346 valence electrons. The number of imide groups is 2. The molecule has 0 radical (unpaired) electrons. The number of ether oxygens (including phenoxy) is 3. The van der Waals surface area contributed by atoms with Crippen molar-refractivity contribution in [3.63, 3.8) is 0 Å². The van der Waals surface area contributed by atoms with Gasteiger partial charge < -0.3 is 40.6 Å². The van der Waals surface area contributed by atoms with Gasteiger partial charge in [-0.25, -0.2) is 9.37 Å². The minimum absolute atomic E-state index is 0.0443. The Labute approximate surface area is 388 Å². The van der Waals surface area contributed by atoms with Crippen molar-refractivity contribution in [2.75, 3.05) is 73.8 Å². The quantitative estimate of drug-likeness (QED) is 0.0325. The number of pyridine rings is 1. The smallest absolute Gasteiger partial charge is 0.264 e. The number of piperidine rings is 1. The summed E-state index contributed by atoms with van der Waals surface area (Å²) in [5.74, 6) is -2.72. The van der Waals surface area contributed by atoms with Gasteiger partial charge in [-0.3, -0.25) is 39.0 Å². The van der Waals surface area contributed by atoms with Crippen molar-refractivity contribution in [2.24, 2.45) is 0 Å². The van der Waals surface area contributed by atoms with Gasteiger partial charge in [-0.05, 0) is 90.5 Å². The van der Waals surface area contributed by atoms with Crippen molar-refractivity contribution >= 4 is 70.3 Å². The van der Waals surface area contributed by atoms with Gasteiger partial charge in [0.15, 0.2) is 0 Å². The van der Waals surface area contributed by atoms with Crippen LogP contribution in [0.2, 0.25) is 0 Å². The Morgan fingerprint density at radius 2 is 1.55 bits per heavy atom. The van der Waals surface area contributed by atoms with Gasteiger partial charge in [-0.15, -0.1) is 0 Å². The maximum Gasteiger partial charge on any atom is 0.264 e. The van der Waals surface area contributed by atoms with Crippen LogP contribution in [0.15, 0.2) is 96.0 Å². The number of carbonyl (C=O) groups excluding carboxylic acids is 6. The number of rotatable bonds is 20. The third kappa shape index (κ3) is 11.1. The van der Waals surface area contributed by atoms with Crippen LogP contribution in [0.4, 0.5) is 27.3 Å². The van der Waals surface area contributed by atoms with Gasteiger partial charge in [-0.1, -0.05) is 30.3 Å². The van der Waals surface area contributed by atoms with E-state index in [0.29, 0.717) is 89.4 Å². The van der Waals surface area contributed by atoms with Crippen molar-refractivity contribution in [2.45, 2.75) is 36.6 Å². The summed E-state index contributed by atoms with van der Waals surface area (Å²) < 4.78 is 35.5. The first-order chi connectivity index (χ1) is 32.5. The molecule has 67 heavy (non-hydrogen) atoms. The molecule has 1 atom stereocenters. The number of benzene rings is 4. The maximum atomic E-state index is 15.5. The molecule has 1 unspecified atom stereocenters. The van der Waals surface area contributed by atoms with Crippen LogP contribution in [0.5, 0.6) is 0 Å². The van der Waals surface area contributed by atoms with Gasteiger partial charge in [0.1, 0.15) is 17.7 Å². The van der Waals surface area contributed by atoms with E-state index >= 15 is 4.39 Å². The lowest BCUT2D eigenvalue weighted by molar-refractivity contribution is -0.136. The summed E-state index contributed by atoms with van der Waals surface area (Å²) in [6.45, 7) is 2.58. The Balaban J connectivity index is 0.697. The molecule has 17 nitrogen and oxygen atoms in total. The van der Waals surface area contributed by atoms with Crippen molar-refractivity contribution in [3.8, 4) is 22.3 Å². The third-order valence-electron chi connectivity index (χ3n) is 11.2. The van der Waals surface area contributed by atoms with E-state index in [-0.39, 0.29) is 62.0 Å². The number of hydrogen-bond donors (Lipinski definition) is 6. The predicted molar refractivity (Wildman–Crippen MR) is 249 cm³/mol. The van der Waals surface area contributed by atoms with E-state index in [0.717, 1.165) is 16.0 Å². The maximum absolute atomic E-state index is 15.5. The normalized spacial score (nSPS) is 15.4. The van der Waals surface area contributed by atoms with Crippen LogP contribution in [-0.2, 0) is 35.0 Å². The fraction of sp³-hybridized carbons (Fsp3) is 0.271. The lowest BCUT2D eigenvalue weighted by Gasteiger charge is -2.27. The zero-order valence-corrected chi connectivity index (χ0v) is 37.0. The molecule has 8 rings (SSSR count). The van der Waals surface area contributed by atoms with E-state index < -0.39 is 35.5 Å². The minimum atomic E-state index is -1.04. The second-order valence-corrected chi connectivity index (χ2v) is 16.6. The van der Waals surface area contributed by atoms with Gasteiger partial charge in [0.05, 0.1) is 57.2 Å². The van der Waals surface area contributed by atoms with E-state index in [2.05, 4.69) is 31.0 Å². The Hall–Kier alpha value is -7.19. The third-order valence-corrected chi connectivity index (χ3v) is 12.0. The molecule has 0 saturated carbocycles. The van der Waals surface area contributed by atoms with Gasteiger partial charge in [0.2, 0.25) is 17.7 Å². The molecule has 0 bridgehead atoms. The SMILES string of the molecule is Nc1ncc(-c2ccc(SNc3cccc(NC(=O)CCOCCOCCOCCNc4cccc5c4C(=O)N(C4CCC(=O)NC4=O)C5=O)c3)cc2F)cc1-c1ccc2c(c1)CCNC2=O. The number of aromatic nitrogens is 1. The number of halogens is 1. The molecule has 1 aromatic heterocycles. The van der Waals surface area contributed by atoms with Crippen LogP contribution in [0.3, 0.4) is 0 Å². The average molecular weight is 931 g/mol. The first-order valence-corrected chi connectivity index (χ1v) is 22.5. The van der Waals surface area contributed by atoms with Crippen molar-refractivity contribution < 1.29 is 47.4 Å². The average Bonchev–Trinajstić information content (AvgIpc) is 3.57. The molecule has 6 amide bonds. The first-order valence-electron chi connectivity index (χ1n) is 21.7. The zero-order chi connectivity index (χ0) is 46.9. The zero-order valence-electron chi connectivity index (χ0n) is 36.2. The highest BCUT2D eigenvalue weighted by Crippen LogP contribution is 2.35. The summed E-state index contributed by atoms with van der Waals surface area (Å²) in [5, 5.41) is 11.0. The number of hydrogen-bond acceptors (Lipinski definition) is 14. The summed E-state index contributed by atoms with van der Waals surface area (Å²) in [5.41, 5.74) is 12.3. The standard InChI is InChI=1S/C48H47FN8O9S/c49-38-26-33(8-10-34(38)30-24-37(44(50)53-27-30)28-7-9-35-29(23-28)13-15-52-45(35)60)67-56-32-4-1-3-31(25-32)54-42(59)14-17-64-19-21-66-22-20-65-18-16-51-39-6-2-5-36-43(39)48(63)57(47(36)62)40-11-12-41(58)55-46(40)61/h1-10,23-27,40,51,56H,11-22H2,(H2,50,53)(H,52,60)(H,54,59)(H,55,58,61). The monoisotopic (exact) mass is 930 g/mol. The van der Waals surface area contributed by atoms with Crippen LogP contribution in [0.1, 0.15) is 55.9 Å². The Bertz CT molecular complexity index is 2740. The fourth-order valence-corrected chi connectivity index (χ4v) is 8.53. The number of nitrogens with one attached hydrogen (secondary N) is 5. The highest BCUT2D eigenvalue weighted by atomic mass is 32.2. The molecule has 0 spiro atoms. The molecule has 19 heteroatoms. The minimum Gasteiger partial charge on any atom is -0.383 e. The summed E-state index contributed by atoms with van der Waals surface area (Å²) in [6.07, 6.45) is 2.50. The van der Waals surface area contributed by atoms with Gasteiger partial charge >= 0.3 is 0 Å². The molecule has 7 N–H and O–H groups in total. The molecule has 3 aliphatic heterocycles. The number of nitrogens with zero attached hydrogens (tertiary/aromatic N) is 2. The number of carbonyl (C=O) groups is 6. The molecule has 4 aromatic carbocycles. The van der Waals surface area contributed by atoms with Crippen LogP contribution in [0.25, 0.3) is 22.3 Å². The van der Waals surface area contributed by atoms with Crippen molar-refractivity contribution in [1.82, 2.24) is 20.5 Å². The molecule has 3 aliphatic rings. The second-order valence-electron chi connectivity index (χ2n) is 15.7. The van der Waals surface area contributed by atoms with Crippen LogP contribution >= 0.6 is 11.9 Å². The largest absolute Gasteiger partial charge is 0.383 e. The highest BCUT2D eigenvalue weighted by Gasteiger charge is 2.45. The van der Waals surface area contributed by atoms with E-state index in [4.69, 9.17) is 19.9 Å². The predicted octanol–water partition coefficient (Wildman–Crippen LogP) is 5.43. The van der Waals surface area contributed by atoms with Gasteiger partial charge in [0.25, 0.3) is 17.7 Å². The topological polar surface area (TPSA) is 232 Å². The second kappa shape index (κ2) is 21.4. The highest BCUT2D eigenvalue weighted by molar-refractivity contribution is 8.00. The Morgan fingerprint density at radius 3 is 2.36 bits per heavy atom. The number of nitrogens with two attached hydrogens (primary N) is 1. The lowest BCUT2D eigenvalue weighted by atomic mass is 9.94. The van der Waals surface area contributed by atoms with E-state index in [1.165, 1.54) is 30.3 Å². The number of amides is 6. The Kier molecular flexibility index (Phi) is 14.8. The van der Waals surface area contributed by atoms with Gasteiger partial charge in [0, 0.05) is 69.9 Å². The molecule has 0 aliphatic carbocycles. The van der Waals surface area contributed by atoms with Crippen LogP contribution in [0, 0.1) is 5.82 Å². The number of nitrogen functional groups attached to an aromatic ring is 1. The van der Waals surface area contributed by atoms with Crippen molar-refractivity contribution in [1.29, 1.82) is 0 Å². The number of fused-ring (bicyclic) bond motifs is 2. The lowest BCUT2D eigenvalue weighted by Crippen LogP contribution is -2.54. The van der Waals surface area contributed by atoms with E-state index in [1.807, 2.05) is 18.2 Å². The molecular weight excluding hydrogens is 884 g/mol. The number of anilines is 4. The summed E-state index contributed by atoms with van der Waals surface area (Å²) in [6, 6.07) is 23.2. The van der Waals surface area contributed by atoms with Crippen LogP contribution < -0.4 is 31.7 Å². The molecule has 1 saturated heterocycles. The summed E-state index contributed by atoms with van der Waals surface area (Å²) in [4.78, 5) is 80.9. The molecular formula is C48H47FN8O9S. The summed E-state index contributed by atoms with van der Waals surface area (Å²) >= 11 is 1.22. The van der Waals surface area contributed by atoms with E-state index in [9.17, 15) is 28.8 Å². The first kappa shape index (κ1) is 46.3. The molecule has 1 fully saturated rings.